The number of rotatable bonds is 8. The number of amides is 2. The highest BCUT2D eigenvalue weighted by atomic mass is 16.5. The second kappa shape index (κ2) is 11.2. The number of carbonyl (C=O) groups is 2. The molecule has 5 rings (SSSR count). The number of fused-ring (bicyclic) bond motifs is 1. The number of methoxy groups -OCH3 is 1. The molecule has 2 atom stereocenters. The van der Waals surface area contributed by atoms with Crippen molar-refractivity contribution in [1.29, 1.82) is 0 Å². The van der Waals surface area contributed by atoms with E-state index in [0.29, 0.717) is 25.3 Å². The van der Waals surface area contributed by atoms with E-state index in [1.165, 1.54) is 0 Å². The minimum atomic E-state index is -0.558. The molecule has 0 spiro atoms. The Morgan fingerprint density at radius 2 is 1.43 bits per heavy atom. The summed E-state index contributed by atoms with van der Waals surface area (Å²) >= 11 is 0. The summed E-state index contributed by atoms with van der Waals surface area (Å²) < 4.78 is 5.33. The van der Waals surface area contributed by atoms with Crippen molar-refractivity contribution in [1.82, 2.24) is 10.2 Å². The van der Waals surface area contributed by atoms with Gasteiger partial charge in [-0.2, -0.15) is 0 Å². The average Bonchev–Trinajstić information content (AvgIpc) is 2.96. The van der Waals surface area contributed by atoms with Crippen LogP contribution in [0.15, 0.2) is 109 Å². The Balaban J connectivity index is 1.51. The Bertz CT molecular complexity index is 1370. The average molecular weight is 491 g/mol. The molecular formula is C32H30N2O3. The van der Waals surface area contributed by atoms with Crippen LogP contribution in [0.3, 0.4) is 0 Å². The lowest BCUT2D eigenvalue weighted by Gasteiger charge is -2.41. The number of nitrogens with one attached hydrogen (secondary N) is 1. The molecule has 2 amide bonds. The molecule has 0 fully saturated rings. The van der Waals surface area contributed by atoms with Gasteiger partial charge in [-0.25, -0.2) is 0 Å². The Hall–Kier alpha value is -4.22. The number of carbonyl (C=O) groups excluding carboxylic acids is 2. The number of benzene rings is 4. The van der Waals surface area contributed by atoms with Crippen LogP contribution < -0.4 is 5.32 Å². The molecule has 5 nitrogen and oxygen atoms in total. The molecule has 0 saturated carbocycles. The largest absolute Gasteiger partial charge is 0.383 e. The Morgan fingerprint density at radius 1 is 0.811 bits per heavy atom. The smallest absolute Gasteiger partial charge is 0.254 e. The topological polar surface area (TPSA) is 58.6 Å². The van der Waals surface area contributed by atoms with Crippen LogP contribution in [0.2, 0.25) is 0 Å². The van der Waals surface area contributed by atoms with E-state index < -0.39 is 12.0 Å². The van der Waals surface area contributed by atoms with Gasteiger partial charge in [0.25, 0.3) is 5.91 Å². The molecule has 5 heteroatoms. The summed E-state index contributed by atoms with van der Waals surface area (Å²) in [4.78, 5) is 29.4. The monoisotopic (exact) mass is 490 g/mol. The fourth-order valence-electron chi connectivity index (χ4n) is 5.20. The molecule has 1 N–H and O–H groups in total. The second-order valence-electron chi connectivity index (χ2n) is 9.15. The molecule has 1 heterocycles. The third-order valence-electron chi connectivity index (χ3n) is 6.95. The van der Waals surface area contributed by atoms with Gasteiger partial charge < -0.3 is 15.0 Å². The van der Waals surface area contributed by atoms with Crippen molar-refractivity contribution in [2.24, 2.45) is 0 Å². The normalized spacial score (nSPS) is 16.8. The summed E-state index contributed by atoms with van der Waals surface area (Å²) in [5.41, 5.74) is 5.47. The predicted octanol–water partition coefficient (Wildman–Crippen LogP) is 5.60. The van der Waals surface area contributed by atoms with Crippen LogP contribution in [0.1, 0.15) is 39.0 Å². The van der Waals surface area contributed by atoms with E-state index in [1.54, 1.807) is 12.0 Å². The molecule has 0 aliphatic carbocycles. The van der Waals surface area contributed by atoms with Crippen molar-refractivity contribution in [2.75, 3.05) is 20.3 Å². The summed E-state index contributed by atoms with van der Waals surface area (Å²) in [5.74, 6) is -0.754. The maximum atomic E-state index is 14.0. The lowest BCUT2D eigenvalue weighted by Crippen LogP contribution is -2.48. The lowest BCUT2D eigenvalue weighted by molar-refractivity contribution is -0.124. The van der Waals surface area contributed by atoms with Gasteiger partial charge in [-0.05, 0) is 33.9 Å². The van der Waals surface area contributed by atoms with Crippen molar-refractivity contribution >= 4 is 11.8 Å². The van der Waals surface area contributed by atoms with Crippen LogP contribution in [0.4, 0.5) is 0 Å². The van der Waals surface area contributed by atoms with Crippen LogP contribution in [-0.2, 0) is 16.1 Å². The Morgan fingerprint density at radius 3 is 2.16 bits per heavy atom. The standard InChI is InChI=1S/C32H30N2O3/c1-37-21-20-34-30(24-14-6-3-7-15-24)29(27-18-10-11-19-28(27)32(34)36)31(35)33-22-25-16-8-9-17-26(25)23-12-4-2-5-13-23/h2-19,29-30H,20-22H2,1H3,(H,33,35)/t29-,30-/m1/s1. The highest BCUT2D eigenvalue weighted by molar-refractivity contribution is 6.01. The summed E-state index contributed by atoms with van der Waals surface area (Å²) in [5, 5.41) is 3.20. The fourth-order valence-corrected chi connectivity index (χ4v) is 5.20. The van der Waals surface area contributed by atoms with Crippen molar-refractivity contribution in [2.45, 2.75) is 18.5 Å². The third kappa shape index (κ3) is 5.04. The zero-order valence-electron chi connectivity index (χ0n) is 20.8. The first-order valence-electron chi connectivity index (χ1n) is 12.5. The SMILES string of the molecule is COCCN1C(=O)c2ccccc2[C@@H](C(=O)NCc2ccccc2-c2ccccc2)[C@H]1c1ccccc1. The van der Waals surface area contributed by atoms with Gasteiger partial charge in [0, 0.05) is 25.8 Å². The summed E-state index contributed by atoms with van der Waals surface area (Å²) in [6.45, 7) is 1.16. The van der Waals surface area contributed by atoms with E-state index >= 15 is 0 Å². The first-order valence-corrected chi connectivity index (χ1v) is 12.5. The van der Waals surface area contributed by atoms with Crippen molar-refractivity contribution in [3.8, 4) is 11.1 Å². The molecule has 0 bridgehead atoms. The third-order valence-corrected chi connectivity index (χ3v) is 6.95. The van der Waals surface area contributed by atoms with E-state index in [0.717, 1.165) is 27.8 Å². The van der Waals surface area contributed by atoms with Gasteiger partial charge in [0.1, 0.15) is 0 Å². The van der Waals surface area contributed by atoms with Crippen molar-refractivity contribution in [3.05, 3.63) is 131 Å². The molecular weight excluding hydrogens is 460 g/mol. The van der Waals surface area contributed by atoms with E-state index in [-0.39, 0.29) is 11.8 Å². The van der Waals surface area contributed by atoms with E-state index in [1.807, 2.05) is 91.0 Å². The van der Waals surface area contributed by atoms with Crippen LogP contribution in [0.5, 0.6) is 0 Å². The number of nitrogens with zero attached hydrogens (tertiary/aromatic N) is 1. The molecule has 0 saturated heterocycles. The Labute approximate surface area is 217 Å². The van der Waals surface area contributed by atoms with Gasteiger partial charge in [-0.3, -0.25) is 9.59 Å². The quantitative estimate of drug-likeness (QED) is 0.350. The van der Waals surface area contributed by atoms with Gasteiger partial charge in [0.15, 0.2) is 0 Å². The molecule has 37 heavy (non-hydrogen) atoms. The van der Waals surface area contributed by atoms with Gasteiger partial charge in [0.05, 0.1) is 18.6 Å². The highest BCUT2D eigenvalue weighted by Gasteiger charge is 2.43. The van der Waals surface area contributed by atoms with Crippen molar-refractivity contribution < 1.29 is 14.3 Å². The molecule has 1 aliphatic rings. The maximum absolute atomic E-state index is 14.0. The zero-order valence-corrected chi connectivity index (χ0v) is 20.8. The van der Waals surface area contributed by atoms with Gasteiger partial charge >= 0.3 is 0 Å². The Kier molecular flexibility index (Phi) is 7.43. The minimum absolute atomic E-state index is 0.0834. The highest BCUT2D eigenvalue weighted by Crippen LogP contribution is 2.42. The number of hydrogen-bond acceptors (Lipinski definition) is 3. The first kappa shape index (κ1) is 24.5. The molecule has 4 aromatic carbocycles. The lowest BCUT2D eigenvalue weighted by atomic mass is 9.79. The molecule has 0 radical (unpaired) electrons. The van der Waals surface area contributed by atoms with Gasteiger partial charge in [0.2, 0.25) is 5.91 Å². The zero-order chi connectivity index (χ0) is 25.6. The molecule has 0 aromatic heterocycles. The summed E-state index contributed by atoms with van der Waals surface area (Å²) in [6, 6.07) is 35.1. The second-order valence-corrected chi connectivity index (χ2v) is 9.15. The van der Waals surface area contributed by atoms with E-state index in [4.69, 9.17) is 4.74 Å². The fraction of sp³-hybridized carbons (Fsp3) is 0.188. The van der Waals surface area contributed by atoms with Gasteiger partial charge in [-0.15, -0.1) is 0 Å². The van der Waals surface area contributed by atoms with Crippen LogP contribution in [-0.4, -0.2) is 37.0 Å². The minimum Gasteiger partial charge on any atom is -0.383 e. The van der Waals surface area contributed by atoms with E-state index in [2.05, 4.69) is 23.5 Å². The van der Waals surface area contributed by atoms with Crippen LogP contribution >= 0.6 is 0 Å². The van der Waals surface area contributed by atoms with Gasteiger partial charge in [-0.1, -0.05) is 103 Å². The number of ether oxygens (including phenoxy) is 1. The summed E-state index contributed by atoms with van der Waals surface area (Å²) in [7, 11) is 1.62. The predicted molar refractivity (Wildman–Crippen MR) is 145 cm³/mol. The molecule has 1 aliphatic heterocycles. The number of hydrogen-bond donors (Lipinski definition) is 1. The molecule has 0 unspecified atom stereocenters. The van der Waals surface area contributed by atoms with Crippen molar-refractivity contribution in [3.63, 3.8) is 0 Å². The maximum Gasteiger partial charge on any atom is 0.254 e. The summed E-state index contributed by atoms with van der Waals surface area (Å²) in [6.07, 6.45) is 0. The first-order chi connectivity index (χ1) is 18.2. The van der Waals surface area contributed by atoms with Crippen LogP contribution in [0, 0.1) is 0 Å². The molecule has 186 valence electrons. The van der Waals surface area contributed by atoms with Crippen LogP contribution in [0.25, 0.3) is 11.1 Å². The van der Waals surface area contributed by atoms with E-state index in [9.17, 15) is 9.59 Å². The molecule has 4 aromatic rings.